The normalized spacial score (nSPS) is 17.6. The summed E-state index contributed by atoms with van der Waals surface area (Å²) >= 11 is 0. The van der Waals surface area contributed by atoms with Crippen LogP contribution in [-0.2, 0) is 29.7 Å². The molecule has 31 heavy (non-hydrogen) atoms. The number of fused-ring (bicyclic) bond motifs is 1. The van der Waals surface area contributed by atoms with Crippen molar-refractivity contribution in [1.29, 1.82) is 0 Å². The van der Waals surface area contributed by atoms with E-state index < -0.39 is 10.0 Å². The first-order chi connectivity index (χ1) is 15.1. The molecule has 0 aliphatic carbocycles. The molecule has 3 aromatic rings. The highest BCUT2D eigenvalue weighted by atomic mass is 32.2. The summed E-state index contributed by atoms with van der Waals surface area (Å²) in [5, 5.41) is 0. The highest BCUT2D eigenvalue weighted by molar-refractivity contribution is 7.89. The minimum absolute atomic E-state index is 0.390. The molecule has 0 saturated carbocycles. The van der Waals surface area contributed by atoms with Crippen LogP contribution in [0, 0.1) is 0 Å². The van der Waals surface area contributed by atoms with E-state index in [1.807, 2.05) is 48.5 Å². The lowest BCUT2D eigenvalue weighted by atomic mass is 10.1. The highest BCUT2D eigenvalue weighted by Crippen LogP contribution is 2.29. The average Bonchev–Trinajstić information content (AvgIpc) is 3.26. The monoisotopic (exact) mass is 433 g/mol. The first kappa shape index (κ1) is 20.2. The molecule has 0 radical (unpaired) electrons. The van der Waals surface area contributed by atoms with Gasteiger partial charge in [0, 0.05) is 51.5 Å². The molecule has 5 rings (SSSR count). The molecule has 5 nitrogen and oxygen atoms in total. The van der Waals surface area contributed by atoms with E-state index in [9.17, 15) is 8.42 Å². The van der Waals surface area contributed by atoms with Crippen molar-refractivity contribution >= 4 is 15.7 Å². The quantitative estimate of drug-likeness (QED) is 0.615. The maximum atomic E-state index is 13.3. The molecule has 2 heterocycles. The number of hydrogen-bond acceptors (Lipinski definition) is 4. The Morgan fingerprint density at radius 3 is 2.03 bits per heavy atom. The first-order valence-electron chi connectivity index (χ1n) is 10.8. The highest BCUT2D eigenvalue weighted by Gasteiger charge is 2.30. The number of anilines is 1. The lowest BCUT2D eigenvalue weighted by Gasteiger charge is -2.36. The van der Waals surface area contributed by atoms with Crippen molar-refractivity contribution in [3.05, 3.63) is 95.6 Å². The molecule has 0 atom stereocenters. The lowest BCUT2D eigenvalue weighted by molar-refractivity contribution is 0.249. The van der Waals surface area contributed by atoms with Crippen LogP contribution in [0.5, 0.6) is 0 Å². The molecule has 0 aromatic heterocycles. The maximum Gasteiger partial charge on any atom is 0.243 e. The summed E-state index contributed by atoms with van der Waals surface area (Å²) in [6.45, 7) is 5.56. The van der Waals surface area contributed by atoms with Crippen molar-refractivity contribution < 1.29 is 8.42 Å². The number of rotatable bonds is 5. The minimum Gasteiger partial charge on any atom is -0.369 e. The number of nitrogens with zero attached hydrogens (tertiary/aromatic N) is 3. The van der Waals surface area contributed by atoms with Crippen LogP contribution in [0.1, 0.15) is 16.7 Å². The number of hydrogen-bond donors (Lipinski definition) is 0. The largest absolute Gasteiger partial charge is 0.369 e. The van der Waals surface area contributed by atoms with Crippen LogP contribution < -0.4 is 4.90 Å². The van der Waals surface area contributed by atoms with Crippen LogP contribution in [0.25, 0.3) is 0 Å². The van der Waals surface area contributed by atoms with Gasteiger partial charge in [0.1, 0.15) is 0 Å². The number of sulfonamides is 1. The van der Waals surface area contributed by atoms with Gasteiger partial charge in [-0.25, -0.2) is 8.42 Å². The first-order valence-corrected chi connectivity index (χ1v) is 12.2. The molecule has 1 fully saturated rings. The van der Waals surface area contributed by atoms with Gasteiger partial charge in [-0.3, -0.25) is 4.90 Å². The Hall–Kier alpha value is -2.67. The molecule has 0 N–H and O–H groups in total. The topological polar surface area (TPSA) is 43.9 Å². The Morgan fingerprint density at radius 2 is 1.35 bits per heavy atom. The summed E-state index contributed by atoms with van der Waals surface area (Å²) in [7, 11) is -3.51. The van der Waals surface area contributed by atoms with E-state index in [-0.39, 0.29) is 0 Å². The number of benzene rings is 3. The molecule has 2 aliphatic heterocycles. The van der Waals surface area contributed by atoms with Crippen LogP contribution in [0.15, 0.2) is 83.8 Å². The summed E-state index contributed by atoms with van der Waals surface area (Å²) in [4.78, 5) is 5.19. The summed E-state index contributed by atoms with van der Waals surface area (Å²) in [5.41, 5.74) is 4.50. The summed E-state index contributed by atoms with van der Waals surface area (Å²) < 4.78 is 28.1. The van der Waals surface area contributed by atoms with Gasteiger partial charge in [0.25, 0.3) is 0 Å². The van der Waals surface area contributed by atoms with Crippen molar-refractivity contribution in [2.45, 2.75) is 24.5 Å². The van der Waals surface area contributed by atoms with Crippen molar-refractivity contribution in [2.24, 2.45) is 0 Å². The van der Waals surface area contributed by atoms with Gasteiger partial charge in [-0.1, -0.05) is 54.6 Å². The van der Waals surface area contributed by atoms with Crippen molar-refractivity contribution in [2.75, 3.05) is 31.1 Å². The second-order valence-corrected chi connectivity index (χ2v) is 10.2. The van der Waals surface area contributed by atoms with Gasteiger partial charge in [-0.05, 0) is 41.0 Å². The fourth-order valence-corrected chi connectivity index (χ4v) is 5.95. The predicted molar refractivity (Wildman–Crippen MR) is 123 cm³/mol. The van der Waals surface area contributed by atoms with Crippen molar-refractivity contribution in [3.8, 4) is 0 Å². The van der Waals surface area contributed by atoms with Crippen LogP contribution >= 0.6 is 0 Å². The van der Waals surface area contributed by atoms with Crippen molar-refractivity contribution in [1.82, 2.24) is 9.21 Å². The third-order valence-electron chi connectivity index (χ3n) is 6.25. The van der Waals surface area contributed by atoms with E-state index in [1.54, 1.807) is 10.4 Å². The zero-order valence-electron chi connectivity index (χ0n) is 17.5. The number of para-hydroxylation sites is 1. The molecule has 0 bridgehead atoms. The fourth-order valence-electron chi connectivity index (χ4n) is 4.49. The van der Waals surface area contributed by atoms with Crippen LogP contribution in [0.3, 0.4) is 0 Å². The van der Waals surface area contributed by atoms with Gasteiger partial charge in [-0.15, -0.1) is 0 Å². The Kier molecular flexibility index (Phi) is 5.52. The maximum absolute atomic E-state index is 13.3. The van der Waals surface area contributed by atoms with Crippen molar-refractivity contribution in [3.63, 3.8) is 0 Å². The number of piperazine rings is 1. The molecule has 6 heteroatoms. The molecular formula is C25H27N3O2S. The van der Waals surface area contributed by atoms with Crippen LogP contribution in [0.2, 0.25) is 0 Å². The van der Waals surface area contributed by atoms with Crippen LogP contribution in [0.4, 0.5) is 5.69 Å². The minimum atomic E-state index is -3.51. The SMILES string of the molecule is O=S(=O)(c1cccc(CN2CCN(c3ccccc3)CC2)c1)N1Cc2ccccc2C1. The molecule has 2 aliphatic rings. The molecule has 0 spiro atoms. The zero-order chi connectivity index (χ0) is 21.3. The van der Waals surface area contributed by atoms with E-state index >= 15 is 0 Å². The van der Waals surface area contributed by atoms with E-state index in [4.69, 9.17) is 0 Å². The van der Waals surface area contributed by atoms with Gasteiger partial charge in [-0.2, -0.15) is 4.31 Å². The van der Waals surface area contributed by atoms with Gasteiger partial charge >= 0.3 is 0 Å². The standard InChI is InChI=1S/C25H27N3O2S/c29-31(30,28-19-22-8-4-5-9-23(22)20-28)25-12-6-7-21(17-25)18-26-13-15-27(16-14-26)24-10-2-1-3-11-24/h1-12,17H,13-16,18-20H2. The predicted octanol–water partition coefficient (Wildman–Crippen LogP) is 3.71. The van der Waals surface area contributed by atoms with E-state index in [0.717, 1.165) is 49.4 Å². The average molecular weight is 434 g/mol. The van der Waals surface area contributed by atoms with Gasteiger partial charge in [0.2, 0.25) is 10.0 Å². The third kappa shape index (κ3) is 4.24. The molecular weight excluding hydrogens is 406 g/mol. The molecule has 0 amide bonds. The summed E-state index contributed by atoms with van der Waals surface area (Å²) in [5.74, 6) is 0. The Labute approximate surface area is 184 Å². The summed E-state index contributed by atoms with van der Waals surface area (Å²) in [6.07, 6.45) is 0. The molecule has 0 unspecified atom stereocenters. The smallest absolute Gasteiger partial charge is 0.243 e. The zero-order valence-corrected chi connectivity index (χ0v) is 18.3. The summed E-state index contributed by atoms with van der Waals surface area (Å²) in [6, 6.07) is 25.9. The van der Waals surface area contributed by atoms with E-state index in [2.05, 4.69) is 34.1 Å². The molecule has 1 saturated heterocycles. The Morgan fingerprint density at radius 1 is 0.710 bits per heavy atom. The van der Waals surface area contributed by atoms with Gasteiger partial charge in [0.15, 0.2) is 0 Å². The third-order valence-corrected chi connectivity index (χ3v) is 8.04. The van der Waals surface area contributed by atoms with Crippen LogP contribution in [-0.4, -0.2) is 43.8 Å². The fraction of sp³-hybridized carbons (Fsp3) is 0.280. The Bertz CT molecular complexity index is 1130. The second-order valence-electron chi connectivity index (χ2n) is 8.29. The molecule has 160 valence electrons. The molecule has 3 aromatic carbocycles. The second kappa shape index (κ2) is 8.46. The lowest BCUT2D eigenvalue weighted by Crippen LogP contribution is -2.45. The Balaban J connectivity index is 1.25. The van der Waals surface area contributed by atoms with Gasteiger partial charge in [0.05, 0.1) is 4.90 Å². The van der Waals surface area contributed by atoms with Gasteiger partial charge < -0.3 is 4.90 Å². The van der Waals surface area contributed by atoms with E-state index in [1.165, 1.54) is 5.69 Å². The van der Waals surface area contributed by atoms with E-state index in [0.29, 0.717) is 18.0 Å².